The molecule has 2 heterocycles. The van der Waals surface area contributed by atoms with Crippen LogP contribution in [0.5, 0.6) is 0 Å². The van der Waals surface area contributed by atoms with Gasteiger partial charge < -0.3 is 5.73 Å². The lowest BCUT2D eigenvalue weighted by atomic mass is 10.4. The van der Waals surface area contributed by atoms with Crippen LogP contribution in [0.2, 0.25) is 4.47 Å². The molecule has 7 heteroatoms. The third-order valence-corrected chi connectivity index (χ3v) is 2.49. The lowest BCUT2D eigenvalue weighted by Gasteiger charge is -1.82. The van der Waals surface area contributed by atoms with Crippen molar-refractivity contribution in [3.8, 4) is 0 Å². The number of carbonyl (C=O) groups is 1. The molecule has 0 aliphatic rings. The number of fused-ring (bicyclic) bond motifs is 1. The van der Waals surface area contributed by atoms with Gasteiger partial charge in [-0.3, -0.25) is 9.89 Å². The third kappa shape index (κ3) is 0.961. The average molecular weight is 203 g/mol. The summed E-state index contributed by atoms with van der Waals surface area (Å²) in [4.78, 5) is 14.6. The quantitative estimate of drug-likeness (QED) is 0.717. The number of aromatic nitrogens is 3. The fraction of sp³-hybridized carbons (Fsp3) is 0. The predicted octanol–water partition coefficient (Wildman–Crippen LogP) is 0.772. The number of amides is 1. The molecule has 62 valence electrons. The van der Waals surface area contributed by atoms with E-state index in [0.29, 0.717) is 14.8 Å². The van der Waals surface area contributed by atoms with Gasteiger partial charge in [-0.2, -0.15) is 5.10 Å². The highest BCUT2D eigenvalue weighted by atomic mass is 35.5. The van der Waals surface area contributed by atoms with Crippen molar-refractivity contribution in [1.82, 2.24) is 15.2 Å². The zero-order valence-corrected chi connectivity index (χ0v) is 7.24. The molecular formula is C5H3ClN4OS. The molecule has 0 atom stereocenters. The summed E-state index contributed by atoms with van der Waals surface area (Å²) < 4.78 is 0.966. The number of primary amides is 1. The third-order valence-electron chi connectivity index (χ3n) is 1.32. The highest BCUT2D eigenvalue weighted by Gasteiger charge is 2.14. The van der Waals surface area contributed by atoms with E-state index in [1.807, 2.05) is 0 Å². The minimum Gasteiger partial charge on any atom is -0.364 e. The van der Waals surface area contributed by atoms with Crippen LogP contribution in [0.1, 0.15) is 10.5 Å². The highest BCUT2D eigenvalue weighted by Crippen LogP contribution is 2.26. The lowest BCUT2D eigenvalue weighted by molar-refractivity contribution is 0.0997. The number of nitrogens with zero attached hydrogens (tertiary/aromatic N) is 2. The number of H-pyrrole nitrogens is 1. The first-order valence-corrected chi connectivity index (χ1v) is 4.18. The number of nitrogens with two attached hydrogens (primary N) is 1. The van der Waals surface area contributed by atoms with Crippen LogP contribution in [0, 0.1) is 0 Å². The number of rotatable bonds is 1. The van der Waals surface area contributed by atoms with Crippen molar-refractivity contribution in [3.05, 3.63) is 10.2 Å². The minimum absolute atomic E-state index is 0.189. The van der Waals surface area contributed by atoms with Crippen molar-refractivity contribution in [3.63, 3.8) is 0 Å². The SMILES string of the molecule is NC(=O)c1n[nH]c2nc(Cl)sc12. The molecule has 0 saturated heterocycles. The second-order valence-electron chi connectivity index (χ2n) is 2.08. The van der Waals surface area contributed by atoms with E-state index in [1.165, 1.54) is 11.3 Å². The fourth-order valence-corrected chi connectivity index (χ4v) is 1.91. The van der Waals surface area contributed by atoms with Gasteiger partial charge in [-0.15, -0.1) is 0 Å². The number of aromatic amines is 1. The average Bonchev–Trinajstić information content (AvgIpc) is 2.43. The molecule has 0 fully saturated rings. The Hall–Kier alpha value is -1.14. The zero-order valence-electron chi connectivity index (χ0n) is 5.67. The maximum atomic E-state index is 10.8. The van der Waals surface area contributed by atoms with Crippen LogP contribution in [-0.2, 0) is 0 Å². The van der Waals surface area contributed by atoms with Gasteiger partial charge in [-0.05, 0) is 0 Å². The Bertz CT molecular complexity index is 447. The van der Waals surface area contributed by atoms with Crippen LogP contribution in [0.4, 0.5) is 0 Å². The van der Waals surface area contributed by atoms with E-state index in [1.54, 1.807) is 0 Å². The maximum absolute atomic E-state index is 10.8. The Balaban J connectivity index is 2.76. The number of hydrogen-bond donors (Lipinski definition) is 2. The maximum Gasteiger partial charge on any atom is 0.270 e. The molecular weight excluding hydrogens is 200 g/mol. The molecule has 12 heavy (non-hydrogen) atoms. The van der Waals surface area contributed by atoms with Gasteiger partial charge in [-0.25, -0.2) is 4.98 Å². The zero-order chi connectivity index (χ0) is 8.72. The van der Waals surface area contributed by atoms with Crippen LogP contribution >= 0.6 is 22.9 Å². The molecule has 1 amide bonds. The molecule has 0 aromatic carbocycles. The Morgan fingerprint density at radius 2 is 2.42 bits per heavy atom. The predicted molar refractivity (Wildman–Crippen MR) is 45.3 cm³/mol. The number of hydrogen-bond acceptors (Lipinski definition) is 4. The normalized spacial score (nSPS) is 10.8. The largest absolute Gasteiger partial charge is 0.364 e. The standard InChI is InChI=1S/C5H3ClN4OS/c6-5-8-4-2(12-5)1(3(7)11)9-10-4/h(H2,7,11)(H,9,10). The lowest BCUT2D eigenvalue weighted by Crippen LogP contribution is -2.11. The highest BCUT2D eigenvalue weighted by molar-refractivity contribution is 7.22. The Morgan fingerprint density at radius 1 is 1.67 bits per heavy atom. The molecule has 2 aromatic rings. The first-order valence-electron chi connectivity index (χ1n) is 2.98. The number of nitrogens with one attached hydrogen (secondary N) is 1. The smallest absolute Gasteiger partial charge is 0.270 e. The van der Waals surface area contributed by atoms with E-state index >= 15 is 0 Å². The second kappa shape index (κ2) is 2.43. The van der Waals surface area contributed by atoms with E-state index in [-0.39, 0.29) is 5.69 Å². The molecule has 2 rings (SSSR count). The molecule has 3 N–H and O–H groups in total. The molecule has 0 saturated carbocycles. The number of carbonyl (C=O) groups excluding carboxylic acids is 1. The van der Waals surface area contributed by atoms with Crippen molar-refractivity contribution in [2.45, 2.75) is 0 Å². The molecule has 0 bridgehead atoms. The summed E-state index contributed by atoms with van der Waals surface area (Å²) in [5, 5.41) is 6.24. The monoisotopic (exact) mass is 202 g/mol. The van der Waals surface area contributed by atoms with Crippen LogP contribution in [0.3, 0.4) is 0 Å². The van der Waals surface area contributed by atoms with Crippen molar-refractivity contribution in [2.75, 3.05) is 0 Å². The van der Waals surface area contributed by atoms with Crippen molar-refractivity contribution >= 4 is 39.2 Å². The van der Waals surface area contributed by atoms with E-state index in [0.717, 1.165) is 0 Å². The molecule has 0 radical (unpaired) electrons. The first-order chi connectivity index (χ1) is 5.68. The van der Waals surface area contributed by atoms with Crippen molar-refractivity contribution in [2.24, 2.45) is 5.73 Å². The van der Waals surface area contributed by atoms with Gasteiger partial charge in [0.15, 0.2) is 15.8 Å². The number of thiazole rings is 1. The van der Waals surface area contributed by atoms with Gasteiger partial charge in [0.05, 0.1) is 0 Å². The summed E-state index contributed by atoms with van der Waals surface area (Å²) in [6.45, 7) is 0. The van der Waals surface area contributed by atoms with Gasteiger partial charge in [-0.1, -0.05) is 22.9 Å². The molecule has 0 aliphatic heterocycles. The van der Waals surface area contributed by atoms with Crippen LogP contribution in [0.25, 0.3) is 10.3 Å². The summed E-state index contributed by atoms with van der Waals surface area (Å²) in [6, 6.07) is 0. The van der Waals surface area contributed by atoms with Crippen molar-refractivity contribution < 1.29 is 4.79 Å². The summed E-state index contributed by atoms with van der Waals surface area (Å²) in [5.41, 5.74) is 5.74. The molecule has 0 unspecified atom stereocenters. The van der Waals surface area contributed by atoms with Gasteiger partial charge in [0.1, 0.15) is 4.70 Å². The van der Waals surface area contributed by atoms with E-state index in [9.17, 15) is 4.79 Å². The molecule has 2 aromatic heterocycles. The van der Waals surface area contributed by atoms with Crippen LogP contribution < -0.4 is 5.73 Å². The van der Waals surface area contributed by atoms with Gasteiger partial charge >= 0.3 is 0 Å². The summed E-state index contributed by atoms with van der Waals surface area (Å²) in [7, 11) is 0. The van der Waals surface area contributed by atoms with Gasteiger partial charge in [0.2, 0.25) is 0 Å². The summed E-state index contributed by atoms with van der Waals surface area (Å²) in [5.74, 6) is -0.582. The molecule has 0 aliphatic carbocycles. The Morgan fingerprint density at radius 3 is 3.08 bits per heavy atom. The second-order valence-corrected chi connectivity index (χ2v) is 3.66. The van der Waals surface area contributed by atoms with Crippen LogP contribution in [0.15, 0.2) is 0 Å². The van der Waals surface area contributed by atoms with Gasteiger partial charge in [0, 0.05) is 0 Å². The summed E-state index contributed by atoms with van der Waals surface area (Å²) in [6.07, 6.45) is 0. The topological polar surface area (TPSA) is 84.7 Å². The van der Waals surface area contributed by atoms with E-state index in [2.05, 4.69) is 15.2 Å². The number of halogens is 1. The van der Waals surface area contributed by atoms with E-state index < -0.39 is 5.91 Å². The molecule has 5 nitrogen and oxygen atoms in total. The molecule has 0 spiro atoms. The van der Waals surface area contributed by atoms with Crippen molar-refractivity contribution in [1.29, 1.82) is 0 Å². The minimum atomic E-state index is -0.582. The summed E-state index contributed by atoms with van der Waals surface area (Å²) >= 11 is 6.78. The Kier molecular flexibility index (Phi) is 1.52. The van der Waals surface area contributed by atoms with E-state index in [4.69, 9.17) is 17.3 Å². The fourth-order valence-electron chi connectivity index (χ4n) is 0.857. The van der Waals surface area contributed by atoms with Gasteiger partial charge in [0.25, 0.3) is 5.91 Å². The Labute approximate surface area is 75.5 Å². The first kappa shape index (κ1) is 7.51. The van der Waals surface area contributed by atoms with Crippen LogP contribution in [-0.4, -0.2) is 21.1 Å².